The molecule has 2 aromatic heterocycles. The predicted molar refractivity (Wildman–Crippen MR) is 158 cm³/mol. The highest BCUT2D eigenvalue weighted by Gasteiger charge is 2.31. The number of likely N-dealkylation sites (tertiary alicyclic amines) is 2. The van der Waals surface area contributed by atoms with Crippen molar-refractivity contribution in [3.63, 3.8) is 0 Å². The SMILES string of the molecule is CC(C)c1cc(CC(C)c2cccc(N3CC[C@@H](N4CCCC4)C3)n2)cc(N2CC[C@H](N3CCCC3)C2)n1. The highest BCUT2D eigenvalue weighted by Crippen LogP contribution is 2.30. The van der Waals surface area contributed by atoms with Crippen LogP contribution in [0.25, 0.3) is 0 Å². The van der Waals surface area contributed by atoms with Crippen LogP contribution in [0, 0.1) is 0 Å². The maximum atomic E-state index is 5.20. The first-order valence-electron chi connectivity index (χ1n) is 15.5. The Labute approximate surface area is 230 Å². The second-order valence-corrected chi connectivity index (χ2v) is 12.7. The van der Waals surface area contributed by atoms with Crippen molar-refractivity contribution in [2.45, 2.75) is 89.6 Å². The van der Waals surface area contributed by atoms with Gasteiger partial charge in [-0.3, -0.25) is 9.80 Å². The van der Waals surface area contributed by atoms with Gasteiger partial charge < -0.3 is 9.80 Å². The van der Waals surface area contributed by atoms with Gasteiger partial charge in [0.2, 0.25) is 0 Å². The maximum absolute atomic E-state index is 5.20. The van der Waals surface area contributed by atoms with Gasteiger partial charge in [0.15, 0.2) is 0 Å². The quantitative estimate of drug-likeness (QED) is 0.474. The smallest absolute Gasteiger partial charge is 0.129 e. The minimum Gasteiger partial charge on any atom is -0.355 e. The van der Waals surface area contributed by atoms with Crippen molar-refractivity contribution in [1.82, 2.24) is 19.8 Å². The first-order valence-corrected chi connectivity index (χ1v) is 15.5. The van der Waals surface area contributed by atoms with Crippen molar-refractivity contribution in [2.75, 3.05) is 62.2 Å². The number of aromatic nitrogens is 2. The van der Waals surface area contributed by atoms with E-state index in [-0.39, 0.29) is 0 Å². The highest BCUT2D eigenvalue weighted by molar-refractivity contribution is 5.46. The predicted octanol–water partition coefficient (Wildman–Crippen LogP) is 5.30. The van der Waals surface area contributed by atoms with E-state index in [2.05, 4.69) is 70.7 Å². The molecule has 0 spiro atoms. The molecule has 6 rings (SSSR count). The molecular weight excluding hydrogens is 468 g/mol. The standard InChI is InChI=1S/C32H48N6/c1-24(2)30-20-26(21-32(34-30)38-18-12-28(23-38)36-15-6-7-16-36)19-25(3)29-9-8-10-31(33-29)37-17-11-27(22-37)35-13-4-5-14-35/h8-10,20-21,24-25,27-28H,4-7,11-19,22-23H2,1-3H3/t25?,27-,28+/m1/s1. The lowest BCUT2D eigenvalue weighted by molar-refractivity contribution is 0.260. The van der Waals surface area contributed by atoms with E-state index in [1.165, 1.54) is 93.3 Å². The Balaban J connectivity index is 1.14. The Bertz CT molecular complexity index is 1070. The van der Waals surface area contributed by atoms with Crippen LogP contribution in [0.4, 0.5) is 11.6 Å². The molecule has 4 fully saturated rings. The van der Waals surface area contributed by atoms with Crippen LogP contribution in [-0.2, 0) is 6.42 Å². The van der Waals surface area contributed by atoms with Gasteiger partial charge in [-0.1, -0.05) is 26.8 Å². The zero-order valence-electron chi connectivity index (χ0n) is 24.0. The number of nitrogens with zero attached hydrogens (tertiary/aromatic N) is 6. The van der Waals surface area contributed by atoms with Gasteiger partial charge in [0.1, 0.15) is 11.6 Å². The summed E-state index contributed by atoms with van der Waals surface area (Å²) in [5.41, 5.74) is 3.84. The number of pyridine rings is 2. The van der Waals surface area contributed by atoms with E-state index in [0.29, 0.717) is 23.9 Å². The lowest BCUT2D eigenvalue weighted by Gasteiger charge is -2.25. The topological polar surface area (TPSA) is 38.7 Å². The van der Waals surface area contributed by atoms with Crippen molar-refractivity contribution in [3.05, 3.63) is 47.3 Å². The second-order valence-electron chi connectivity index (χ2n) is 12.7. The number of hydrogen-bond acceptors (Lipinski definition) is 6. The largest absolute Gasteiger partial charge is 0.355 e. The van der Waals surface area contributed by atoms with E-state index in [4.69, 9.17) is 9.97 Å². The van der Waals surface area contributed by atoms with Crippen molar-refractivity contribution < 1.29 is 0 Å². The second kappa shape index (κ2) is 11.5. The molecular formula is C32H48N6. The van der Waals surface area contributed by atoms with Crippen molar-refractivity contribution >= 4 is 11.6 Å². The summed E-state index contributed by atoms with van der Waals surface area (Å²) in [4.78, 5) is 20.8. The van der Waals surface area contributed by atoms with E-state index in [1.54, 1.807) is 0 Å². The average Bonchev–Trinajstić information content (AvgIpc) is 3.75. The van der Waals surface area contributed by atoms with Crippen LogP contribution in [0.2, 0.25) is 0 Å². The van der Waals surface area contributed by atoms with E-state index in [1.807, 2.05) is 0 Å². The molecule has 4 aliphatic heterocycles. The van der Waals surface area contributed by atoms with Crippen LogP contribution in [0.1, 0.15) is 88.1 Å². The van der Waals surface area contributed by atoms with Gasteiger partial charge in [-0.15, -0.1) is 0 Å². The summed E-state index contributed by atoms with van der Waals surface area (Å²) in [7, 11) is 0. The zero-order valence-corrected chi connectivity index (χ0v) is 24.0. The Morgan fingerprint density at radius 1 is 0.711 bits per heavy atom. The Morgan fingerprint density at radius 2 is 1.29 bits per heavy atom. The lowest BCUT2D eigenvalue weighted by Crippen LogP contribution is -2.35. The Kier molecular flexibility index (Phi) is 7.90. The molecule has 6 nitrogen and oxygen atoms in total. The third-order valence-corrected chi connectivity index (χ3v) is 9.57. The van der Waals surface area contributed by atoms with Crippen LogP contribution in [0.5, 0.6) is 0 Å². The van der Waals surface area contributed by atoms with Crippen LogP contribution in [-0.4, -0.2) is 84.2 Å². The van der Waals surface area contributed by atoms with Gasteiger partial charge in [-0.2, -0.15) is 0 Å². The summed E-state index contributed by atoms with van der Waals surface area (Å²) >= 11 is 0. The van der Waals surface area contributed by atoms with E-state index in [9.17, 15) is 0 Å². The van der Waals surface area contributed by atoms with E-state index in [0.717, 1.165) is 32.6 Å². The third kappa shape index (κ3) is 5.72. The zero-order chi connectivity index (χ0) is 26.1. The molecule has 1 unspecified atom stereocenters. The van der Waals surface area contributed by atoms with Crippen LogP contribution < -0.4 is 9.80 Å². The molecule has 0 aromatic carbocycles. The summed E-state index contributed by atoms with van der Waals surface area (Å²) in [6.45, 7) is 16.5. The van der Waals surface area contributed by atoms with Gasteiger partial charge in [0.25, 0.3) is 0 Å². The van der Waals surface area contributed by atoms with Crippen molar-refractivity contribution in [2.24, 2.45) is 0 Å². The summed E-state index contributed by atoms with van der Waals surface area (Å²) in [6, 6.07) is 12.8. The first kappa shape index (κ1) is 26.1. The number of hydrogen-bond donors (Lipinski definition) is 0. The fraction of sp³-hybridized carbons (Fsp3) is 0.688. The fourth-order valence-electron chi connectivity index (χ4n) is 7.23. The van der Waals surface area contributed by atoms with Crippen molar-refractivity contribution in [3.8, 4) is 0 Å². The van der Waals surface area contributed by atoms with Gasteiger partial charge >= 0.3 is 0 Å². The average molecular weight is 517 g/mol. The molecule has 0 aliphatic carbocycles. The molecule has 3 atom stereocenters. The fourth-order valence-corrected chi connectivity index (χ4v) is 7.23. The molecule has 6 heteroatoms. The summed E-state index contributed by atoms with van der Waals surface area (Å²) in [5.74, 6) is 3.16. The molecule has 0 bridgehead atoms. The van der Waals surface area contributed by atoms with Crippen LogP contribution in [0.15, 0.2) is 30.3 Å². The van der Waals surface area contributed by atoms with Gasteiger partial charge in [-0.25, -0.2) is 9.97 Å². The lowest BCUT2D eigenvalue weighted by atomic mass is 9.96. The summed E-state index contributed by atoms with van der Waals surface area (Å²) < 4.78 is 0. The van der Waals surface area contributed by atoms with Crippen LogP contribution in [0.3, 0.4) is 0 Å². The first-order chi connectivity index (χ1) is 18.5. The molecule has 0 N–H and O–H groups in total. The van der Waals surface area contributed by atoms with E-state index >= 15 is 0 Å². The molecule has 38 heavy (non-hydrogen) atoms. The van der Waals surface area contributed by atoms with Crippen molar-refractivity contribution in [1.29, 1.82) is 0 Å². The molecule has 0 saturated carbocycles. The normalized spacial score (nSPS) is 25.8. The van der Waals surface area contributed by atoms with Gasteiger partial charge in [0.05, 0.1) is 0 Å². The van der Waals surface area contributed by atoms with E-state index < -0.39 is 0 Å². The maximum Gasteiger partial charge on any atom is 0.129 e. The molecule has 2 aromatic rings. The monoisotopic (exact) mass is 516 g/mol. The molecule has 4 aliphatic rings. The molecule has 0 radical (unpaired) electrons. The minimum absolute atomic E-state index is 0.373. The number of rotatable bonds is 8. The number of anilines is 2. The molecule has 4 saturated heterocycles. The molecule has 0 amide bonds. The Morgan fingerprint density at radius 3 is 1.89 bits per heavy atom. The van der Waals surface area contributed by atoms with Crippen LogP contribution >= 0.6 is 0 Å². The third-order valence-electron chi connectivity index (χ3n) is 9.57. The highest BCUT2D eigenvalue weighted by atomic mass is 15.3. The summed E-state index contributed by atoms with van der Waals surface area (Å²) in [5, 5.41) is 0. The molecule has 206 valence electrons. The van der Waals surface area contributed by atoms with Gasteiger partial charge in [-0.05, 0) is 107 Å². The molecule has 6 heterocycles. The minimum atomic E-state index is 0.373. The van der Waals surface area contributed by atoms with Gasteiger partial charge in [0, 0.05) is 55.6 Å². The Hall–Kier alpha value is -2.18. The summed E-state index contributed by atoms with van der Waals surface area (Å²) in [6.07, 6.45) is 9.02.